The average Bonchev–Trinajstić information content (AvgIpc) is 3.52. The summed E-state index contributed by atoms with van der Waals surface area (Å²) < 4.78 is 40.4. The summed E-state index contributed by atoms with van der Waals surface area (Å²) in [4.78, 5) is 11.6. The lowest BCUT2D eigenvalue weighted by Gasteiger charge is -2.32. The molecule has 5 rings (SSSR count). The summed E-state index contributed by atoms with van der Waals surface area (Å²) in [5.41, 5.74) is 1.14. The highest BCUT2D eigenvalue weighted by Crippen LogP contribution is 2.33. The van der Waals surface area contributed by atoms with Crippen molar-refractivity contribution in [2.75, 3.05) is 25.0 Å². The zero-order valence-electron chi connectivity index (χ0n) is 23.5. The quantitative estimate of drug-likeness (QED) is 0.205. The molecule has 1 aliphatic rings. The minimum atomic E-state index is -4.26. The molecule has 1 fully saturated rings. The first-order valence-electron chi connectivity index (χ1n) is 14.2. The molecule has 1 unspecified atom stereocenters. The minimum Gasteiger partial charge on any atom is -0.393 e. The molecular formula is C30H35F3N6O2S. The van der Waals surface area contributed by atoms with Crippen LogP contribution in [-0.2, 0) is 19.5 Å². The molecule has 3 aromatic heterocycles. The number of aliphatic hydroxyl groups is 2. The molecule has 1 aliphatic heterocycles. The van der Waals surface area contributed by atoms with Crippen molar-refractivity contribution in [3.63, 3.8) is 0 Å². The number of nitrogens with one attached hydrogen (secondary N) is 1. The molecule has 1 aromatic carbocycles. The molecule has 1 atom stereocenters. The number of piperidine rings is 1. The van der Waals surface area contributed by atoms with Crippen LogP contribution in [-0.4, -0.2) is 67.2 Å². The topological polar surface area (TPSA) is 110 Å². The number of halogens is 3. The number of fused-ring (bicyclic) bond motifs is 2. The first kappa shape index (κ1) is 30.2. The second kappa shape index (κ2) is 12.6. The number of rotatable bonds is 11. The van der Waals surface area contributed by atoms with Crippen LogP contribution in [0.15, 0.2) is 36.7 Å². The number of aliphatic hydroxyl groups excluding tert-OH is 1. The lowest BCUT2D eigenvalue weighted by Crippen LogP contribution is -2.38. The number of alkyl halides is 3. The van der Waals surface area contributed by atoms with E-state index in [0.717, 1.165) is 73.1 Å². The fourth-order valence-electron chi connectivity index (χ4n) is 5.68. The molecule has 4 heterocycles. The van der Waals surface area contributed by atoms with Crippen LogP contribution in [0.3, 0.4) is 0 Å². The summed E-state index contributed by atoms with van der Waals surface area (Å²) in [7, 11) is 0. The number of hydrogen-bond donors (Lipinski definition) is 3. The molecule has 0 saturated carbocycles. The Bertz CT molecular complexity index is 1570. The monoisotopic (exact) mass is 600 g/mol. The van der Waals surface area contributed by atoms with Gasteiger partial charge in [0.15, 0.2) is 0 Å². The fraction of sp³-hybridized carbons (Fsp3) is 0.500. The maximum Gasteiger partial charge on any atom is 0.393 e. The standard InChI is InChI=1S/C30H35F3N6O2S/c1-2-3-8-29(41,18-40)17-39-23(15-34)12-21-11-20(4-5-26(21)39)16-38-9-6-22(7-10-38)37-27-25-13-24(14-30(31,32)33)42-28(25)36-19-35-27/h4-5,11-13,19,22,40-41H,2-3,6-10,14,16-18H2,1H3,(H,35,36,37). The molecule has 0 amide bonds. The van der Waals surface area contributed by atoms with E-state index in [0.29, 0.717) is 28.1 Å². The number of aromatic nitrogens is 3. The summed E-state index contributed by atoms with van der Waals surface area (Å²) in [6, 6.07) is 11.9. The van der Waals surface area contributed by atoms with Crippen molar-refractivity contribution < 1.29 is 23.4 Å². The third-order valence-corrected chi connectivity index (χ3v) is 8.96. The Morgan fingerprint density at radius 2 is 1.95 bits per heavy atom. The van der Waals surface area contributed by atoms with Crippen molar-refractivity contribution in [3.8, 4) is 6.07 Å². The molecule has 8 nitrogen and oxygen atoms in total. The van der Waals surface area contributed by atoms with Crippen LogP contribution in [0.4, 0.5) is 19.0 Å². The van der Waals surface area contributed by atoms with Gasteiger partial charge < -0.3 is 20.1 Å². The minimum absolute atomic E-state index is 0.151. The smallest absolute Gasteiger partial charge is 0.393 e. The molecule has 3 N–H and O–H groups in total. The SMILES string of the molecule is CCCCC(O)(CO)Cn1c(C#N)cc2cc(CN3CCC(Nc4ncnc5sc(CC(F)(F)F)cc45)CC3)ccc21. The van der Waals surface area contributed by atoms with E-state index in [1.54, 1.807) is 10.6 Å². The van der Waals surface area contributed by atoms with Gasteiger partial charge in [-0.25, -0.2) is 9.97 Å². The first-order chi connectivity index (χ1) is 20.1. The molecular weight excluding hydrogens is 565 g/mol. The Labute approximate surface area is 246 Å². The Morgan fingerprint density at radius 3 is 2.64 bits per heavy atom. The van der Waals surface area contributed by atoms with E-state index in [-0.39, 0.29) is 24.1 Å². The maximum absolute atomic E-state index is 12.9. The van der Waals surface area contributed by atoms with Gasteiger partial charge in [-0.3, -0.25) is 4.90 Å². The van der Waals surface area contributed by atoms with Crippen LogP contribution >= 0.6 is 11.3 Å². The van der Waals surface area contributed by atoms with E-state index in [1.165, 1.54) is 6.33 Å². The number of unbranched alkanes of at least 4 members (excludes halogenated alkanes) is 1. The van der Waals surface area contributed by atoms with Crippen molar-refractivity contribution in [2.45, 2.75) is 76.4 Å². The molecule has 0 radical (unpaired) electrons. The highest BCUT2D eigenvalue weighted by Gasteiger charge is 2.30. The number of hydrogen-bond acceptors (Lipinski definition) is 8. The van der Waals surface area contributed by atoms with Gasteiger partial charge in [0, 0.05) is 41.5 Å². The van der Waals surface area contributed by atoms with Crippen LogP contribution in [0.25, 0.3) is 21.1 Å². The zero-order valence-corrected chi connectivity index (χ0v) is 24.3. The second-order valence-corrected chi connectivity index (χ2v) is 12.4. The highest BCUT2D eigenvalue weighted by molar-refractivity contribution is 7.18. The van der Waals surface area contributed by atoms with Crippen molar-refractivity contribution in [2.24, 2.45) is 0 Å². The van der Waals surface area contributed by atoms with Crippen LogP contribution < -0.4 is 5.32 Å². The number of anilines is 1. The first-order valence-corrected chi connectivity index (χ1v) is 15.1. The largest absolute Gasteiger partial charge is 0.393 e. The number of thiophene rings is 1. The lowest BCUT2D eigenvalue weighted by molar-refractivity contribution is -0.126. The normalized spacial score (nSPS) is 16.6. The summed E-state index contributed by atoms with van der Waals surface area (Å²) in [6.45, 7) is 4.26. The average molecular weight is 601 g/mol. The molecule has 0 bridgehead atoms. The Hall–Kier alpha value is -3.24. The number of nitriles is 1. The van der Waals surface area contributed by atoms with Crippen LogP contribution in [0.1, 0.15) is 55.2 Å². The molecule has 42 heavy (non-hydrogen) atoms. The van der Waals surface area contributed by atoms with Gasteiger partial charge in [-0.2, -0.15) is 18.4 Å². The zero-order chi connectivity index (χ0) is 29.9. The fourth-order valence-corrected chi connectivity index (χ4v) is 6.71. The Kier molecular flexibility index (Phi) is 9.03. The third kappa shape index (κ3) is 7.03. The molecule has 0 spiro atoms. The number of likely N-dealkylation sites (tertiary alicyclic amines) is 1. The van der Waals surface area contributed by atoms with E-state index >= 15 is 0 Å². The predicted molar refractivity (Wildman–Crippen MR) is 157 cm³/mol. The summed E-state index contributed by atoms with van der Waals surface area (Å²) in [6.07, 6.45) is 0.0348. The Balaban J connectivity index is 1.22. The van der Waals surface area contributed by atoms with Gasteiger partial charge in [0.25, 0.3) is 0 Å². The van der Waals surface area contributed by atoms with Gasteiger partial charge >= 0.3 is 6.18 Å². The van der Waals surface area contributed by atoms with E-state index in [4.69, 9.17) is 0 Å². The van der Waals surface area contributed by atoms with E-state index < -0.39 is 18.2 Å². The van der Waals surface area contributed by atoms with Crippen LogP contribution in [0.2, 0.25) is 0 Å². The van der Waals surface area contributed by atoms with Crippen LogP contribution in [0.5, 0.6) is 0 Å². The summed E-state index contributed by atoms with van der Waals surface area (Å²) in [5, 5.41) is 35.5. The van der Waals surface area contributed by atoms with E-state index in [1.807, 2.05) is 25.1 Å². The van der Waals surface area contributed by atoms with Gasteiger partial charge in [0.1, 0.15) is 34.3 Å². The van der Waals surface area contributed by atoms with Crippen LogP contribution in [0, 0.1) is 11.3 Å². The summed E-state index contributed by atoms with van der Waals surface area (Å²) >= 11 is 1.05. The van der Waals surface area contributed by atoms with Crippen molar-refractivity contribution in [1.29, 1.82) is 5.26 Å². The van der Waals surface area contributed by atoms with Crippen molar-refractivity contribution in [1.82, 2.24) is 19.4 Å². The predicted octanol–water partition coefficient (Wildman–Crippen LogP) is 5.61. The summed E-state index contributed by atoms with van der Waals surface area (Å²) in [5.74, 6) is 0.578. The van der Waals surface area contributed by atoms with Gasteiger partial charge in [0.05, 0.1) is 25.0 Å². The molecule has 12 heteroatoms. The van der Waals surface area contributed by atoms with Gasteiger partial charge in [-0.1, -0.05) is 25.8 Å². The highest BCUT2D eigenvalue weighted by atomic mass is 32.1. The van der Waals surface area contributed by atoms with Gasteiger partial charge in [-0.15, -0.1) is 11.3 Å². The number of benzene rings is 1. The molecule has 224 valence electrons. The molecule has 0 aliphatic carbocycles. The molecule has 4 aromatic rings. The van der Waals surface area contributed by atoms with E-state index in [2.05, 4.69) is 32.3 Å². The second-order valence-electron chi connectivity index (χ2n) is 11.2. The number of nitrogens with zero attached hydrogens (tertiary/aromatic N) is 5. The lowest BCUT2D eigenvalue weighted by atomic mass is 9.97. The van der Waals surface area contributed by atoms with E-state index in [9.17, 15) is 28.6 Å². The van der Waals surface area contributed by atoms with Gasteiger partial charge in [0.2, 0.25) is 0 Å². The van der Waals surface area contributed by atoms with Crippen molar-refractivity contribution in [3.05, 3.63) is 52.8 Å². The van der Waals surface area contributed by atoms with Gasteiger partial charge in [-0.05, 0) is 49.1 Å². The third-order valence-electron chi connectivity index (χ3n) is 7.91. The van der Waals surface area contributed by atoms with Crippen molar-refractivity contribution >= 4 is 38.3 Å². The Morgan fingerprint density at radius 1 is 1.17 bits per heavy atom. The maximum atomic E-state index is 12.9. The molecule has 1 saturated heterocycles.